The molecule has 0 saturated heterocycles. The molecule has 0 radical (unpaired) electrons. The number of carbonyl (C=O) groups is 1. The van der Waals surface area contributed by atoms with Gasteiger partial charge in [-0.3, -0.25) is 14.9 Å². The Labute approximate surface area is 172 Å². The first-order valence-corrected chi connectivity index (χ1v) is 9.11. The quantitative estimate of drug-likeness (QED) is 0.412. The van der Waals surface area contributed by atoms with E-state index in [1.807, 2.05) is 0 Å². The van der Waals surface area contributed by atoms with Gasteiger partial charge in [-0.05, 0) is 39.7 Å². The van der Waals surface area contributed by atoms with Gasteiger partial charge in [0.1, 0.15) is 5.82 Å². The Morgan fingerprint density at radius 1 is 1.26 bits per heavy atom. The van der Waals surface area contributed by atoms with Gasteiger partial charge in [0.2, 0.25) is 0 Å². The normalized spacial score (nSPS) is 10.6. The number of hydrogen-bond donors (Lipinski definition) is 1. The molecule has 2 aromatic carbocycles. The molecule has 1 heterocycles. The van der Waals surface area contributed by atoms with Gasteiger partial charge in [-0.25, -0.2) is 4.68 Å². The summed E-state index contributed by atoms with van der Waals surface area (Å²) >= 11 is 15.3. The monoisotopic (exact) mass is 468 g/mol. The second-order valence-electron chi connectivity index (χ2n) is 5.46. The molecule has 3 rings (SSSR count). The molecule has 0 bridgehead atoms. The molecule has 3 aromatic rings. The maximum absolute atomic E-state index is 12.5. The number of hydrogen-bond acceptors (Lipinski definition) is 4. The van der Waals surface area contributed by atoms with Crippen LogP contribution in [0.15, 0.2) is 53.1 Å². The van der Waals surface area contributed by atoms with E-state index in [9.17, 15) is 14.9 Å². The number of nitro benzene ring substituents is 1. The van der Waals surface area contributed by atoms with Crippen molar-refractivity contribution in [1.82, 2.24) is 9.78 Å². The zero-order valence-corrected chi connectivity index (χ0v) is 16.6. The molecule has 1 amide bonds. The van der Waals surface area contributed by atoms with E-state index in [2.05, 4.69) is 26.3 Å². The van der Waals surface area contributed by atoms with Crippen molar-refractivity contribution in [2.45, 2.75) is 6.54 Å². The molecule has 138 valence electrons. The molecule has 0 atom stereocenters. The molecule has 0 saturated carbocycles. The minimum Gasteiger partial charge on any atom is -0.307 e. The third-order valence-corrected chi connectivity index (χ3v) is 5.24. The van der Waals surface area contributed by atoms with Gasteiger partial charge in [-0.15, -0.1) is 0 Å². The predicted molar refractivity (Wildman–Crippen MR) is 107 cm³/mol. The lowest BCUT2D eigenvalue weighted by Crippen LogP contribution is -2.16. The van der Waals surface area contributed by atoms with Crippen LogP contribution in [0.2, 0.25) is 10.0 Å². The van der Waals surface area contributed by atoms with E-state index in [1.54, 1.807) is 28.9 Å². The third kappa shape index (κ3) is 4.29. The summed E-state index contributed by atoms with van der Waals surface area (Å²) in [5.74, 6) is -0.0776. The lowest BCUT2D eigenvalue weighted by atomic mass is 10.2. The molecular formula is C17H11BrCl2N4O3. The van der Waals surface area contributed by atoms with Gasteiger partial charge < -0.3 is 5.32 Å². The molecule has 0 spiro atoms. The first kappa shape index (κ1) is 19.3. The van der Waals surface area contributed by atoms with Crippen molar-refractivity contribution in [1.29, 1.82) is 0 Å². The second-order valence-corrected chi connectivity index (χ2v) is 7.10. The minimum absolute atomic E-state index is 0.151. The van der Waals surface area contributed by atoms with Crippen LogP contribution in [0.5, 0.6) is 0 Å². The van der Waals surface area contributed by atoms with Crippen LogP contribution < -0.4 is 5.32 Å². The summed E-state index contributed by atoms with van der Waals surface area (Å²) in [5.41, 5.74) is 0.697. The van der Waals surface area contributed by atoms with Crippen molar-refractivity contribution >= 4 is 56.5 Å². The number of amides is 1. The topological polar surface area (TPSA) is 90.1 Å². The van der Waals surface area contributed by atoms with Crippen molar-refractivity contribution < 1.29 is 9.72 Å². The van der Waals surface area contributed by atoms with Crippen molar-refractivity contribution in [3.05, 3.63) is 84.4 Å². The first-order valence-electron chi connectivity index (χ1n) is 7.57. The second kappa shape index (κ2) is 8.08. The maximum atomic E-state index is 12.5. The fourth-order valence-corrected chi connectivity index (χ4v) is 3.15. The Morgan fingerprint density at radius 3 is 2.78 bits per heavy atom. The molecule has 0 aliphatic carbocycles. The van der Waals surface area contributed by atoms with Crippen LogP contribution in [0.3, 0.4) is 0 Å². The van der Waals surface area contributed by atoms with E-state index in [4.69, 9.17) is 23.2 Å². The van der Waals surface area contributed by atoms with E-state index in [0.29, 0.717) is 26.9 Å². The molecule has 0 unspecified atom stereocenters. The summed E-state index contributed by atoms with van der Waals surface area (Å²) < 4.78 is 1.84. The van der Waals surface area contributed by atoms with E-state index < -0.39 is 10.8 Å². The molecule has 1 N–H and O–H groups in total. The van der Waals surface area contributed by atoms with Crippen LogP contribution in [0.25, 0.3) is 0 Å². The van der Waals surface area contributed by atoms with Crippen LogP contribution >= 0.6 is 39.1 Å². The van der Waals surface area contributed by atoms with Crippen LogP contribution in [0.1, 0.15) is 15.9 Å². The highest BCUT2D eigenvalue weighted by Crippen LogP contribution is 2.28. The van der Waals surface area contributed by atoms with Crippen molar-refractivity contribution in [3.8, 4) is 0 Å². The lowest BCUT2D eigenvalue weighted by Gasteiger charge is -2.11. The molecule has 27 heavy (non-hydrogen) atoms. The van der Waals surface area contributed by atoms with Gasteiger partial charge >= 0.3 is 0 Å². The Balaban J connectivity index is 1.82. The van der Waals surface area contributed by atoms with E-state index in [1.165, 1.54) is 24.4 Å². The summed E-state index contributed by atoms with van der Waals surface area (Å²) in [4.78, 5) is 23.0. The Bertz CT molecular complexity index is 1040. The van der Waals surface area contributed by atoms with Gasteiger partial charge in [0.05, 0.1) is 32.2 Å². The lowest BCUT2D eigenvalue weighted by molar-refractivity contribution is -0.385. The number of nitrogens with zero attached hydrogens (tertiary/aromatic N) is 3. The average molecular weight is 470 g/mol. The Kier molecular flexibility index (Phi) is 5.79. The van der Waals surface area contributed by atoms with E-state index in [-0.39, 0.29) is 11.3 Å². The summed E-state index contributed by atoms with van der Waals surface area (Å²) in [6, 6.07) is 11.0. The number of nitro groups is 1. The molecule has 0 aliphatic rings. The first-order chi connectivity index (χ1) is 12.9. The highest BCUT2D eigenvalue weighted by Gasteiger charge is 2.17. The van der Waals surface area contributed by atoms with Gasteiger partial charge in [-0.2, -0.15) is 5.10 Å². The highest BCUT2D eigenvalue weighted by atomic mass is 79.9. The van der Waals surface area contributed by atoms with Crippen molar-refractivity contribution in [3.63, 3.8) is 0 Å². The summed E-state index contributed by atoms with van der Waals surface area (Å²) in [6.07, 6.45) is 1.53. The van der Waals surface area contributed by atoms with Gasteiger partial charge in [0.15, 0.2) is 0 Å². The third-order valence-electron chi connectivity index (χ3n) is 3.71. The summed E-state index contributed by atoms with van der Waals surface area (Å²) in [5, 5.41) is 18.7. The number of nitrogens with one attached hydrogen (secondary N) is 1. The molecular weight excluding hydrogens is 459 g/mol. The zero-order chi connectivity index (χ0) is 19.6. The number of benzene rings is 2. The number of carbonyl (C=O) groups excluding carboxylic acids is 1. The molecule has 1 aromatic heterocycles. The van der Waals surface area contributed by atoms with Crippen LogP contribution in [0.4, 0.5) is 11.5 Å². The molecule has 0 aliphatic heterocycles. The summed E-state index contributed by atoms with van der Waals surface area (Å²) in [6.45, 7) is 0.294. The molecule has 10 heteroatoms. The maximum Gasteiger partial charge on any atom is 0.284 e. The van der Waals surface area contributed by atoms with Crippen molar-refractivity contribution in [2.75, 3.05) is 5.32 Å². The number of anilines is 1. The summed E-state index contributed by atoms with van der Waals surface area (Å²) in [7, 11) is 0. The van der Waals surface area contributed by atoms with Gasteiger partial charge in [0, 0.05) is 17.7 Å². The number of rotatable bonds is 5. The highest BCUT2D eigenvalue weighted by molar-refractivity contribution is 9.10. The van der Waals surface area contributed by atoms with E-state index >= 15 is 0 Å². The minimum atomic E-state index is -0.563. The Hall–Kier alpha value is -2.42. The Morgan fingerprint density at radius 2 is 2.04 bits per heavy atom. The number of aromatic nitrogens is 2. The van der Waals surface area contributed by atoms with E-state index in [0.717, 1.165) is 5.56 Å². The van der Waals surface area contributed by atoms with Crippen molar-refractivity contribution in [2.24, 2.45) is 0 Å². The molecule has 0 fully saturated rings. The van der Waals surface area contributed by atoms with Gasteiger partial charge in [-0.1, -0.05) is 35.3 Å². The van der Waals surface area contributed by atoms with Gasteiger partial charge in [0.25, 0.3) is 11.6 Å². The zero-order valence-electron chi connectivity index (χ0n) is 13.5. The fourth-order valence-electron chi connectivity index (χ4n) is 2.38. The van der Waals surface area contributed by atoms with Crippen LogP contribution in [-0.4, -0.2) is 20.6 Å². The molecule has 7 nitrogen and oxygen atoms in total. The number of halogens is 3. The predicted octanol–water partition coefficient (Wildman–Crippen LogP) is 5.16. The SMILES string of the molecule is O=C(Nc1ccnn1Cc1cccc(Cl)c1Cl)c1ccc(Br)c([N+](=O)[O-])c1. The fraction of sp³-hybridized carbons (Fsp3) is 0.0588. The standard InChI is InChI=1S/C17H11BrCl2N4O3/c18-12-5-4-10(8-14(12)24(26)27)17(25)22-15-6-7-21-23(15)9-11-2-1-3-13(19)16(11)20/h1-8H,9H2,(H,22,25). The van der Waals surface area contributed by atoms with Crippen LogP contribution in [0, 0.1) is 10.1 Å². The average Bonchev–Trinajstić information content (AvgIpc) is 3.05. The van der Waals surface area contributed by atoms with Crippen LogP contribution in [-0.2, 0) is 6.54 Å². The largest absolute Gasteiger partial charge is 0.307 e. The smallest absolute Gasteiger partial charge is 0.284 e.